The van der Waals surface area contributed by atoms with Crippen LogP contribution in [0.5, 0.6) is 11.5 Å². The number of carbonyl (C=O) groups excluding carboxylic acids is 1. The zero-order valence-corrected chi connectivity index (χ0v) is 22.2. The summed E-state index contributed by atoms with van der Waals surface area (Å²) in [5.41, 5.74) is 2.12. The van der Waals surface area contributed by atoms with Gasteiger partial charge in [-0.1, -0.05) is 53.0 Å². The molecule has 186 valence electrons. The first-order chi connectivity index (χ1) is 16.5. The van der Waals surface area contributed by atoms with Gasteiger partial charge in [-0.2, -0.15) is 0 Å². The number of anilines is 1. The number of nitrogens with zero attached hydrogens (tertiary/aromatic N) is 1. The first-order valence-electron chi connectivity index (χ1n) is 10.2. The van der Waals surface area contributed by atoms with E-state index in [1.54, 1.807) is 50.6 Å². The van der Waals surface area contributed by atoms with E-state index in [4.69, 9.17) is 44.3 Å². The molecule has 0 atom stereocenters. The van der Waals surface area contributed by atoms with E-state index in [2.05, 4.69) is 5.32 Å². The Morgan fingerprint density at radius 2 is 1.46 bits per heavy atom. The van der Waals surface area contributed by atoms with E-state index >= 15 is 0 Å². The van der Waals surface area contributed by atoms with E-state index in [1.807, 2.05) is 6.07 Å². The standard InChI is InChI=1S/C24H23Cl3N2O5S/c1-33-22-9-6-16(10-23(22)34-2)13-28-24(30)17-7-4-15(5-8-17)14-29(35(3,31)32)21-12-19(26)18(25)11-20(21)27/h4-12H,13-14H2,1-3H3,(H,28,30). The highest BCUT2D eigenvalue weighted by Gasteiger charge is 2.22. The summed E-state index contributed by atoms with van der Waals surface area (Å²) in [6.07, 6.45) is 1.07. The van der Waals surface area contributed by atoms with Crippen LogP contribution in [0.4, 0.5) is 5.69 Å². The number of halogens is 3. The highest BCUT2D eigenvalue weighted by atomic mass is 35.5. The molecule has 1 N–H and O–H groups in total. The molecular weight excluding hydrogens is 535 g/mol. The Bertz CT molecular complexity index is 1330. The van der Waals surface area contributed by atoms with Crippen LogP contribution in [-0.2, 0) is 23.1 Å². The molecule has 3 rings (SSSR count). The van der Waals surface area contributed by atoms with Gasteiger partial charge in [0.15, 0.2) is 11.5 Å². The summed E-state index contributed by atoms with van der Waals surface area (Å²) in [7, 11) is -0.599. The molecule has 0 heterocycles. The molecule has 0 spiro atoms. The van der Waals surface area contributed by atoms with Crippen LogP contribution in [-0.4, -0.2) is 34.8 Å². The number of hydrogen-bond donors (Lipinski definition) is 1. The van der Waals surface area contributed by atoms with Crippen LogP contribution in [0.3, 0.4) is 0 Å². The lowest BCUT2D eigenvalue weighted by atomic mass is 10.1. The summed E-state index contributed by atoms with van der Waals surface area (Å²) >= 11 is 18.3. The van der Waals surface area contributed by atoms with Crippen molar-refractivity contribution in [3.63, 3.8) is 0 Å². The molecule has 0 aliphatic rings. The van der Waals surface area contributed by atoms with Crippen LogP contribution in [0.2, 0.25) is 15.1 Å². The van der Waals surface area contributed by atoms with Gasteiger partial charge in [-0.05, 0) is 47.5 Å². The number of hydrogen-bond acceptors (Lipinski definition) is 5. The molecule has 0 unspecified atom stereocenters. The summed E-state index contributed by atoms with van der Waals surface area (Å²) < 4.78 is 36.6. The van der Waals surface area contributed by atoms with Gasteiger partial charge in [0.05, 0.1) is 47.8 Å². The lowest BCUT2D eigenvalue weighted by molar-refractivity contribution is 0.0951. The smallest absolute Gasteiger partial charge is 0.251 e. The summed E-state index contributed by atoms with van der Waals surface area (Å²) in [5, 5.41) is 3.40. The third-order valence-corrected chi connectivity index (χ3v) is 7.25. The summed E-state index contributed by atoms with van der Waals surface area (Å²) in [5.74, 6) is 0.892. The third kappa shape index (κ3) is 6.73. The van der Waals surface area contributed by atoms with Crippen LogP contribution in [0.25, 0.3) is 0 Å². The highest BCUT2D eigenvalue weighted by molar-refractivity contribution is 7.92. The minimum atomic E-state index is -3.70. The van der Waals surface area contributed by atoms with Gasteiger partial charge in [0.25, 0.3) is 5.91 Å². The SMILES string of the molecule is COc1ccc(CNC(=O)c2ccc(CN(c3cc(Cl)c(Cl)cc3Cl)S(C)(=O)=O)cc2)cc1OC. The second-order valence-electron chi connectivity index (χ2n) is 7.56. The van der Waals surface area contributed by atoms with Crippen molar-refractivity contribution in [3.05, 3.63) is 86.4 Å². The van der Waals surface area contributed by atoms with Crippen LogP contribution in [0.15, 0.2) is 54.6 Å². The number of rotatable bonds is 9. The van der Waals surface area contributed by atoms with Crippen molar-refractivity contribution in [2.75, 3.05) is 24.8 Å². The fraction of sp³-hybridized carbons (Fsp3) is 0.208. The van der Waals surface area contributed by atoms with Crippen molar-refractivity contribution in [2.45, 2.75) is 13.1 Å². The van der Waals surface area contributed by atoms with Gasteiger partial charge in [-0.15, -0.1) is 0 Å². The summed E-state index contributed by atoms with van der Waals surface area (Å²) in [4.78, 5) is 12.6. The number of carbonyl (C=O) groups is 1. The summed E-state index contributed by atoms with van der Waals surface area (Å²) in [6, 6.07) is 14.8. The predicted molar refractivity (Wildman–Crippen MR) is 140 cm³/mol. The maximum absolute atomic E-state index is 12.6. The Morgan fingerprint density at radius 3 is 2.06 bits per heavy atom. The average molecular weight is 558 g/mol. The van der Waals surface area contributed by atoms with E-state index in [-0.39, 0.29) is 33.2 Å². The van der Waals surface area contributed by atoms with Gasteiger partial charge >= 0.3 is 0 Å². The minimum Gasteiger partial charge on any atom is -0.493 e. The van der Waals surface area contributed by atoms with Crippen LogP contribution >= 0.6 is 34.8 Å². The Balaban J connectivity index is 1.73. The number of methoxy groups -OCH3 is 2. The molecule has 3 aromatic rings. The molecule has 0 aliphatic carbocycles. The predicted octanol–water partition coefficient (Wildman–Crippen LogP) is 5.56. The number of benzene rings is 3. The minimum absolute atomic E-state index is 0.00986. The van der Waals surface area contributed by atoms with Gasteiger partial charge < -0.3 is 14.8 Å². The topological polar surface area (TPSA) is 84.9 Å². The number of sulfonamides is 1. The Morgan fingerprint density at radius 1 is 0.857 bits per heavy atom. The fourth-order valence-electron chi connectivity index (χ4n) is 3.29. The van der Waals surface area contributed by atoms with Gasteiger partial charge in [0, 0.05) is 12.1 Å². The molecule has 0 radical (unpaired) electrons. The van der Waals surface area contributed by atoms with Gasteiger partial charge in [0.1, 0.15) is 0 Å². The zero-order valence-electron chi connectivity index (χ0n) is 19.1. The van der Waals surface area contributed by atoms with E-state index in [1.165, 1.54) is 12.1 Å². The molecule has 0 bridgehead atoms. The van der Waals surface area contributed by atoms with Crippen molar-refractivity contribution in [3.8, 4) is 11.5 Å². The molecule has 0 fully saturated rings. The van der Waals surface area contributed by atoms with Gasteiger partial charge in [-0.25, -0.2) is 8.42 Å². The maximum atomic E-state index is 12.6. The van der Waals surface area contributed by atoms with Gasteiger partial charge in [0.2, 0.25) is 10.0 Å². The molecule has 1 amide bonds. The summed E-state index contributed by atoms with van der Waals surface area (Å²) in [6.45, 7) is 0.280. The number of nitrogens with one attached hydrogen (secondary N) is 1. The van der Waals surface area contributed by atoms with Crippen molar-refractivity contribution in [1.82, 2.24) is 5.32 Å². The molecule has 0 saturated heterocycles. The molecule has 11 heteroatoms. The van der Waals surface area contributed by atoms with E-state index in [0.29, 0.717) is 29.2 Å². The van der Waals surface area contributed by atoms with Crippen molar-refractivity contribution in [1.29, 1.82) is 0 Å². The Kier molecular flexibility index (Phi) is 8.77. The lowest BCUT2D eigenvalue weighted by Gasteiger charge is -2.24. The zero-order chi connectivity index (χ0) is 25.8. The van der Waals surface area contributed by atoms with Crippen LogP contribution < -0.4 is 19.1 Å². The second kappa shape index (κ2) is 11.4. The van der Waals surface area contributed by atoms with Crippen LogP contribution in [0, 0.1) is 0 Å². The molecule has 35 heavy (non-hydrogen) atoms. The number of ether oxygens (including phenoxy) is 2. The third-order valence-electron chi connectivity index (χ3n) is 5.10. The molecular formula is C24H23Cl3N2O5S. The largest absolute Gasteiger partial charge is 0.493 e. The first-order valence-corrected chi connectivity index (χ1v) is 13.2. The highest BCUT2D eigenvalue weighted by Crippen LogP contribution is 2.36. The quantitative estimate of drug-likeness (QED) is 0.348. The second-order valence-corrected chi connectivity index (χ2v) is 10.7. The van der Waals surface area contributed by atoms with Crippen molar-refractivity contribution >= 4 is 56.4 Å². The number of amides is 1. The molecule has 0 aromatic heterocycles. The normalized spacial score (nSPS) is 11.1. The van der Waals surface area contributed by atoms with Crippen molar-refractivity contribution < 1.29 is 22.7 Å². The fourth-order valence-corrected chi connectivity index (χ4v) is 4.87. The molecule has 0 aliphatic heterocycles. The van der Waals surface area contributed by atoms with Crippen molar-refractivity contribution in [2.24, 2.45) is 0 Å². The lowest BCUT2D eigenvalue weighted by Crippen LogP contribution is -2.29. The average Bonchev–Trinajstić information content (AvgIpc) is 2.83. The van der Waals surface area contributed by atoms with E-state index in [0.717, 1.165) is 16.1 Å². The molecule has 7 nitrogen and oxygen atoms in total. The monoisotopic (exact) mass is 556 g/mol. The Hall–Kier alpha value is -2.65. The van der Waals surface area contributed by atoms with Gasteiger partial charge in [-0.3, -0.25) is 9.10 Å². The molecule has 3 aromatic carbocycles. The maximum Gasteiger partial charge on any atom is 0.251 e. The molecule has 0 saturated carbocycles. The first kappa shape index (κ1) is 26.9. The van der Waals surface area contributed by atoms with E-state index < -0.39 is 10.0 Å². The van der Waals surface area contributed by atoms with Crippen LogP contribution in [0.1, 0.15) is 21.5 Å². The Labute approximate surface area is 219 Å². The van der Waals surface area contributed by atoms with E-state index in [9.17, 15) is 13.2 Å².